The van der Waals surface area contributed by atoms with Crippen molar-refractivity contribution in [1.82, 2.24) is 0 Å². The van der Waals surface area contributed by atoms with Gasteiger partial charge in [0.1, 0.15) is 0 Å². The molecule has 0 aliphatic heterocycles. The predicted molar refractivity (Wildman–Crippen MR) is 82.9 cm³/mol. The Morgan fingerprint density at radius 3 is 1.45 bits per heavy atom. The highest BCUT2D eigenvalue weighted by Crippen LogP contribution is 2.56. The summed E-state index contributed by atoms with van der Waals surface area (Å²) in [4.78, 5) is 0. The molecule has 1 rings (SSSR count). The van der Waals surface area contributed by atoms with Crippen LogP contribution in [0, 0.1) is 0 Å². The third-order valence-electron chi connectivity index (χ3n) is 1.75. The molecular weight excluding hydrogens is 279 g/mol. The molecule has 0 aromatic heterocycles. The minimum Gasteiger partial charge on any atom is -0.370 e. The first-order valence-corrected chi connectivity index (χ1v) is 6.94. The Morgan fingerprint density at radius 1 is 0.700 bits per heavy atom. The van der Waals surface area contributed by atoms with E-state index in [-0.39, 0.29) is 17.9 Å². The van der Waals surface area contributed by atoms with E-state index in [1.807, 2.05) is 6.07 Å². The summed E-state index contributed by atoms with van der Waals surface area (Å²) in [5.41, 5.74) is 32.8. The third-order valence-corrected chi connectivity index (χ3v) is 3.75. The monoisotopic (exact) mass is 296 g/mol. The molecule has 0 heterocycles. The van der Waals surface area contributed by atoms with Crippen LogP contribution >= 0.6 is 7.51 Å². The molecule has 0 spiro atoms. The number of hydrogen-bond donors (Lipinski definition) is 6. The fourth-order valence-electron chi connectivity index (χ4n) is 1.25. The van der Waals surface area contributed by atoms with Crippen LogP contribution in [0.3, 0.4) is 0 Å². The molecule has 0 unspecified atom stereocenters. The quantitative estimate of drug-likeness (QED) is 0.235. The smallest absolute Gasteiger partial charge is 0.314 e. The summed E-state index contributed by atoms with van der Waals surface area (Å²) in [5, 5.41) is 0. The van der Waals surface area contributed by atoms with Crippen LogP contribution in [0.2, 0.25) is 0 Å². The number of nitrogens with zero attached hydrogens (tertiary/aromatic N) is 4. The van der Waals surface area contributed by atoms with Crippen LogP contribution in [-0.2, 0) is 0 Å². The van der Waals surface area contributed by atoms with Gasteiger partial charge in [0.05, 0.1) is 5.69 Å². The van der Waals surface area contributed by atoms with E-state index in [0.717, 1.165) is 0 Å². The Kier molecular flexibility index (Phi) is 4.93. The fraction of sp³-hybridized carbons (Fsp3) is 0. The second kappa shape index (κ2) is 6.43. The van der Waals surface area contributed by atoms with Gasteiger partial charge < -0.3 is 34.4 Å². The first-order valence-electron chi connectivity index (χ1n) is 5.34. The SMILES string of the molecule is NC(N)=NP(N=C(N)N)(N=C(N)N)=Nc1ccccc1. The van der Waals surface area contributed by atoms with Gasteiger partial charge in [0, 0.05) is 0 Å². The maximum atomic E-state index is 5.38. The Labute approximate surface area is 115 Å². The Bertz CT molecular complexity index is 538. The number of benzene rings is 1. The highest BCUT2D eigenvalue weighted by molar-refractivity contribution is 7.63. The highest BCUT2D eigenvalue weighted by atomic mass is 31.2. The standard InChI is InChI=1S/C9H17N10P/c10-7(11)17-20(18-8(12)13,19-9(14)15)16-6-4-2-1-3-5-6/h1-5H,(H4,10,11,17)(H4,12,13,18)(H4,14,15,19). The Balaban J connectivity index is 3.61. The fourth-order valence-corrected chi connectivity index (χ4v) is 2.89. The van der Waals surface area contributed by atoms with Gasteiger partial charge in [0.15, 0.2) is 17.9 Å². The lowest BCUT2D eigenvalue weighted by Crippen LogP contribution is -2.25. The Hall–Kier alpha value is -2.74. The number of hydrogen-bond acceptors (Lipinski definition) is 1. The molecule has 11 heteroatoms. The lowest BCUT2D eigenvalue weighted by atomic mass is 10.3. The third kappa shape index (κ3) is 4.86. The minimum atomic E-state index is -3.25. The van der Waals surface area contributed by atoms with Crippen molar-refractivity contribution in [3.05, 3.63) is 30.3 Å². The summed E-state index contributed by atoms with van der Waals surface area (Å²) in [6.45, 7) is 0. The molecule has 0 saturated carbocycles. The molecule has 1 aromatic rings. The van der Waals surface area contributed by atoms with Crippen molar-refractivity contribution in [3.63, 3.8) is 0 Å². The average Bonchev–Trinajstić information content (AvgIpc) is 2.26. The first kappa shape index (κ1) is 15.3. The van der Waals surface area contributed by atoms with Gasteiger partial charge in [-0.05, 0) is 12.1 Å². The molecule has 0 radical (unpaired) electrons. The highest BCUT2D eigenvalue weighted by Gasteiger charge is 2.18. The predicted octanol–water partition coefficient (Wildman–Crippen LogP) is -0.915. The zero-order valence-corrected chi connectivity index (χ0v) is 11.5. The molecule has 20 heavy (non-hydrogen) atoms. The van der Waals surface area contributed by atoms with Crippen LogP contribution in [0.4, 0.5) is 5.69 Å². The maximum Gasteiger partial charge on any atom is 0.314 e. The lowest BCUT2D eigenvalue weighted by molar-refractivity contribution is 1.39. The number of rotatable bonds is 4. The lowest BCUT2D eigenvalue weighted by Gasteiger charge is -2.11. The second-order valence-corrected chi connectivity index (χ2v) is 5.42. The van der Waals surface area contributed by atoms with Gasteiger partial charge in [-0.1, -0.05) is 18.2 Å². The van der Waals surface area contributed by atoms with Crippen LogP contribution in [-0.4, -0.2) is 17.9 Å². The average molecular weight is 296 g/mol. The van der Waals surface area contributed by atoms with Gasteiger partial charge in [0.25, 0.3) is 0 Å². The maximum absolute atomic E-state index is 5.38. The van der Waals surface area contributed by atoms with E-state index in [4.69, 9.17) is 34.4 Å². The van der Waals surface area contributed by atoms with E-state index < -0.39 is 7.51 Å². The van der Waals surface area contributed by atoms with Crippen LogP contribution in [0.25, 0.3) is 0 Å². The summed E-state index contributed by atoms with van der Waals surface area (Å²) in [5.74, 6) is -0.853. The van der Waals surface area contributed by atoms with E-state index in [0.29, 0.717) is 5.69 Å². The van der Waals surface area contributed by atoms with Crippen molar-refractivity contribution in [1.29, 1.82) is 0 Å². The van der Waals surface area contributed by atoms with Gasteiger partial charge in [-0.15, -0.1) is 0 Å². The molecule has 0 bridgehead atoms. The van der Waals surface area contributed by atoms with Crippen molar-refractivity contribution >= 4 is 31.1 Å². The summed E-state index contributed by atoms with van der Waals surface area (Å²) in [6, 6.07) is 8.78. The molecule has 0 aliphatic carbocycles. The van der Waals surface area contributed by atoms with Gasteiger partial charge in [0.2, 0.25) is 0 Å². The molecule has 0 aliphatic rings. The minimum absolute atomic E-state index is 0.284. The Morgan fingerprint density at radius 2 is 1.10 bits per heavy atom. The largest absolute Gasteiger partial charge is 0.370 e. The van der Waals surface area contributed by atoms with E-state index >= 15 is 0 Å². The molecule has 0 fully saturated rings. The molecule has 1 aromatic carbocycles. The zero-order chi connectivity index (χ0) is 15.2. The van der Waals surface area contributed by atoms with Crippen LogP contribution in [0.5, 0.6) is 0 Å². The van der Waals surface area contributed by atoms with Crippen molar-refractivity contribution in [2.75, 3.05) is 0 Å². The van der Waals surface area contributed by atoms with Crippen molar-refractivity contribution in [2.45, 2.75) is 0 Å². The summed E-state index contributed by atoms with van der Waals surface area (Å²) in [6.07, 6.45) is 0. The van der Waals surface area contributed by atoms with Crippen LogP contribution in [0.15, 0.2) is 49.4 Å². The molecule has 0 saturated heterocycles. The van der Waals surface area contributed by atoms with Gasteiger partial charge in [-0.2, -0.15) is 14.3 Å². The van der Waals surface area contributed by atoms with Gasteiger partial charge in [-0.25, -0.2) is 4.74 Å². The van der Waals surface area contributed by atoms with Crippen LogP contribution in [0.1, 0.15) is 0 Å². The van der Waals surface area contributed by atoms with Gasteiger partial charge >= 0.3 is 7.51 Å². The molecule has 12 N–H and O–H groups in total. The van der Waals surface area contributed by atoms with Crippen molar-refractivity contribution in [2.24, 2.45) is 53.4 Å². The topological polar surface area (TPSA) is 206 Å². The van der Waals surface area contributed by atoms with E-state index in [9.17, 15) is 0 Å². The summed E-state index contributed by atoms with van der Waals surface area (Å²) >= 11 is 0. The van der Waals surface area contributed by atoms with Crippen molar-refractivity contribution < 1.29 is 0 Å². The molecular formula is C9H17N10P. The van der Waals surface area contributed by atoms with E-state index in [2.05, 4.69) is 19.0 Å². The summed E-state index contributed by atoms with van der Waals surface area (Å²) < 4.78 is 16.0. The first-order chi connectivity index (χ1) is 9.33. The van der Waals surface area contributed by atoms with E-state index in [1.165, 1.54) is 0 Å². The summed E-state index contributed by atoms with van der Waals surface area (Å²) in [7, 11) is -3.25. The normalized spacial score (nSPS) is 10.2. The molecule has 0 atom stereocenters. The number of guanidine groups is 3. The second-order valence-electron chi connectivity index (χ2n) is 3.55. The van der Waals surface area contributed by atoms with Crippen molar-refractivity contribution in [3.8, 4) is 0 Å². The zero-order valence-electron chi connectivity index (χ0n) is 10.6. The number of nitrogens with two attached hydrogens (primary N) is 6. The molecule has 0 amide bonds. The van der Waals surface area contributed by atoms with Gasteiger partial charge in [-0.3, -0.25) is 0 Å². The molecule has 10 nitrogen and oxygen atoms in total. The van der Waals surface area contributed by atoms with E-state index in [1.54, 1.807) is 24.3 Å². The molecule has 108 valence electrons. The van der Waals surface area contributed by atoms with Crippen LogP contribution < -0.4 is 34.4 Å².